The van der Waals surface area contributed by atoms with Crippen LogP contribution in [0.2, 0.25) is 0 Å². The van der Waals surface area contributed by atoms with E-state index in [1.54, 1.807) is 6.07 Å². The molecule has 0 spiro atoms. The fourth-order valence-corrected chi connectivity index (χ4v) is 2.82. The molecular formula is C17H25N3O2. The zero-order valence-electron chi connectivity index (χ0n) is 13.4. The maximum absolute atomic E-state index is 11.5. The van der Waals surface area contributed by atoms with E-state index < -0.39 is 0 Å². The Bertz CT molecular complexity index is 522. The summed E-state index contributed by atoms with van der Waals surface area (Å²) in [6.45, 7) is 5.56. The summed E-state index contributed by atoms with van der Waals surface area (Å²) in [5, 5.41) is 11.1. The SMILES string of the molecule is COC(=O)c1cccc(CNCC2CCN(C(C)=N)CC2)c1. The number of esters is 1. The summed E-state index contributed by atoms with van der Waals surface area (Å²) >= 11 is 0. The van der Waals surface area contributed by atoms with E-state index in [0.717, 1.165) is 44.6 Å². The van der Waals surface area contributed by atoms with Crippen LogP contribution >= 0.6 is 0 Å². The maximum atomic E-state index is 11.5. The molecule has 0 saturated carbocycles. The minimum absolute atomic E-state index is 0.295. The molecule has 1 fully saturated rings. The molecule has 1 aliphatic heterocycles. The van der Waals surface area contributed by atoms with E-state index in [4.69, 9.17) is 10.1 Å². The van der Waals surface area contributed by atoms with Gasteiger partial charge in [-0.25, -0.2) is 4.79 Å². The van der Waals surface area contributed by atoms with Crippen molar-refractivity contribution in [3.63, 3.8) is 0 Å². The fraction of sp³-hybridized carbons (Fsp3) is 0.529. The summed E-state index contributed by atoms with van der Waals surface area (Å²) in [6.07, 6.45) is 2.26. The summed E-state index contributed by atoms with van der Waals surface area (Å²) in [6, 6.07) is 7.54. The normalized spacial score (nSPS) is 15.6. The number of rotatable bonds is 5. The van der Waals surface area contributed by atoms with Gasteiger partial charge >= 0.3 is 5.97 Å². The van der Waals surface area contributed by atoms with Crippen molar-refractivity contribution in [2.75, 3.05) is 26.7 Å². The van der Waals surface area contributed by atoms with E-state index in [2.05, 4.69) is 10.2 Å². The van der Waals surface area contributed by atoms with Gasteiger partial charge in [-0.15, -0.1) is 0 Å². The van der Waals surface area contributed by atoms with E-state index in [9.17, 15) is 4.79 Å². The van der Waals surface area contributed by atoms with Crippen molar-refractivity contribution in [3.8, 4) is 0 Å². The number of amidine groups is 1. The van der Waals surface area contributed by atoms with Crippen LogP contribution in [0.4, 0.5) is 0 Å². The molecule has 0 aromatic heterocycles. The Kier molecular flexibility index (Phi) is 5.95. The lowest BCUT2D eigenvalue weighted by atomic mass is 9.96. The van der Waals surface area contributed by atoms with Crippen molar-refractivity contribution in [1.82, 2.24) is 10.2 Å². The number of methoxy groups -OCH3 is 1. The average molecular weight is 303 g/mol. The molecule has 22 heavy (non-hydrogen) atoms. The molecule has 0 bridgehead atoms. The second-order valence-corrected chi connectivity index (χ2v) is 5.84. The zero-order chi connectivity index (χ0) is 15.9. The summed E-state index contributed by atoms with van der Waals surface area (Å²) < 4.78 is 4.74. The predicted octanol–water partition coefficient (Wildman–Crippen LogP) is 2.27. The van der Waals surface area contributed by atoms with Crippen molar-refractivity contribution < 1.29 is 9.53 Å². The van der Waals surface area contributed by atoms with Crippen molar-refractivity contribution >= 4 is 11.8 Å². The molecule has 2 rings (SSSR count). The van der Waals surface area contributed by atoms with Gasteiger partial charge in [-0.1, -0.05) is 12.1 Å². The van der Waals surface area contributed by atoms with Gasteiger partial charge in [-0.3, -0.25) is 5.41 Å². The molecule has 0 radical (unpaired) electrons. The number of hydrogen-bond acceptors (Lipinski definition) is 4. The molecule has 0 aliphatic carbocycles. The first kappa shape index (κ1) is 16.5. The van der Waals surface area contributed by atoms with Crippen LogP contribution in [0.1, 0.15) is 35.7 Å². The Balaban J connectivity index is 1.75. The number of likely N-dealkylation sites (tertiary alicyclic amines) is 1. The van der Waals surface area contributed by atoms with Gasteiger partial charge in [0, 0.05) is 19.6 Å². The van der Waals surface area contributed by atoms with Gasteiger partial charge in [0.05, 0.1) is 18.5 Å². The lowest BCUT2D eigenvalue weighted by Crippen LogP contribution is -2.39. The first-order valence-electron chi connectivity index (χ1n) is 7.78. The van der Waals surface area contributed by atoms with Crippen molar-refractivity contribution in [2.24, 2.45) is 5.92 Å². The van der Waals surface area contributed by atoms with Gasteiger partial charge in [0.2, 0.25) is 0 Å². The first-order valence-corrected chi connectivity index (χ1v) is 7.78. The number of carbonyl (C=O) groups excluding carboxylic acids is 1. The predicted molar refractivity (Wildman–Crippen MR) is 87.2 cm³/mol. The number of ether oxygens (including phenoxy) is 1. The second-order valence-electron chi connectivity index (χ2n) is 5.84. The molecule has 1 heterocycles. The minimum Gasteiger partial charge on any atom is -0.465 e. The highest BCUT2D eigenvalue weighted by atomic mass is 16.5. The van der Waals surface area contributed by atoms with Gasteiger partial charge in [-0.05, 0) is 49.9 Å². The maximum Gasteiger partial charge on any atom is 0.337 e. The van der Waals surface area contributed by atoms with Crippen LogP contribution in [-0.2, 0) is 11.3 Å². The summed E-state index contributed by atoms with van der Waals surface area (Å²) in [5.74, 6) is 1.04. The van der Waals surface area contributed by atoms with E-state index >= 15 is 0 Å². The van der Waals surface area contributed by atoms with Gasteiger partial charge in [-0.2, -0.15) is 0 Å². The zero-order valence-corrected chi connectivity index (χ0v) is 13.4. The van der Waals surface area contributed by atoms with E-state index in [1.165, 1.54) is 7.11 Å². The third kappa shape index (κ3) is 4.56. The molecule has 1 saturated heterocycles. The lowest BCUT2D eigenvalue weighted by Gasteiger charge is -2.32. The van der Waals surface area contributed by atoms with Crippen LogP contribution in [0.3, 0.4) is 0 Å². The second kappa shape index (κ2) is 7.94. The van der Waals surface area contributed by atoms with Crippen LogP contribution in [0.25, 0.3) is 0 Å². The third-order valence-corrected chi connectivity index (χ3v) is 4.20. The third-order valence-electron chi connectivity index (χ3n) is 4.20. The molecule has 1 aliphatic rings. The standard InChI is InChI=1S/C17H25N3O2/c1-13(18)20-8-6-14(7-9-20)11-19-12-15-4-3-5-16(10-15)17(21)22-2/h3-5,10,14,18-19H,6-9,11-12H2,1-2H3. The number of benzene rings is 1. The minimum atomic E-state index is -0.295. The average Bonchev–Trinajstić information content (AvgIpc) is 2.55. The number of piperidine rings is 1. The largest absolute Gasteiger partial charge is 0.465 e. The van der Waals surface area contributed by atoms with Crippen molar-refractivity contribution in [2.45, 2.75) is 26.3 Å². The first-order chi connectivity index (χ1) is 10.6. The topological polar surface area (TPSA) is 65.4 Å². The van der Waals surface area contributed by atoms with Crippen LogP contribution in [0.5, 0.6) is 0 Å². The molecule has 0 atom stereocenters. The molecule has 1 aromatic carbocycles. The van der Waals surface area contributed by atoms with Crippen LogP contribution in [0.15, 0.2) is 24.3 Å². The number of nitrogens with zero attached hydrogens (tertiary/aromatic N) is 1. The Morgan fingerprint density at radius 3 is 2.77 bits per heavy atom. The summed E-state index contributed by atoms with van der Waals surface area (Å²) in [7, 11) is 1.40. The van der Waals surface area contributed by atoms with Crippen molar-refractivity contribution in [3.05, 3.63) is 35.4 Å². The van der Waals surface area contributed by atoms with Crippen molar-refractivity contribution in [1.29, 1.82) is 5.41 Å². The molecule has 5 nitrogen and oxygen atoms in total. The Hall–Kier alpha value is -1.88. The Labute approximate surface area is 132 Å². The highest BCUT2D eigenvalue weighted by Gasteiger charge is 2.18. The fourth-order valence-electron chi connectivity index (χ4n) is 2.82. The van der Waals surface area contributed by atoms with Crippen LogP contribution in [-0.4, -0.2) is 43.4 Å². The molecular weight excluding hydrogens is 278 g/mol. The summed E-state index contributed by atoms with van der Waals surface area (Å²) in [5.41, 5.74) is 1.69. The number of carbonyl (C=O) groups is 1. The van der Waals surface area contributed by atoms with Gasteiger partial charge in [0.15, 0.2) is 0 Å². The highest BCUT2D eigenvalue weighted by molar-refractivity contribution is 5.89. The summed E-state index contributed by atoms with van der Waals surface area (Å²) in [4.78, 5) is 13.6. The molecule has 5 heteroatoms. The Morgan fingerprint density at radius 1 is 1.41 bits per heavy atom. The Morgan fingerprint density at radius 2 is 2.14 bits per heavy atom. The van der Waals surface area contributed by atoms with Gasteiger partial charge < -0.3 is 15.0 Å². The van der Waals surface area contributed by atoms with E-state index in [1.807, 2.05) is 25.1 Å². The molecule has 0 amide bonds. The number of hydrogen-bond donors (Lipinski definition) is 2. The van der Waals surface area contributed by atoms with Gasteiger partial charge in [0.1, 0.15) is 0 Å². The highest BCUT2D eigenvalue weighted by Crippen LogP contribution is 2.16. The van der Waals surface area contributed by atoms with E-state index in [0.29, 0.717) is 17.3 Å². The van der Waals surface area contributed by atoms with Crippen LogP contribution in [0, 0.1) is 11.3 Å². The lowest BCUT2D eigenvalue weighted by molar-refractivity contribution is 0.0600. The number of nitrogens with one attached hydrogen (secondary N) is 2. The molecule has 120 valence electrons. The van der Waals surface area contributed by atoms with E-state index in [-0.39, 0.29) is 5.97 Å². The quantitative estimate of drug-likeness (QED) is 0.497. The molecule has 1 aromatic rings. The smallest absolute Gasteiger partial charge is 0.337 e. The van der Waals surface area contributed by atoms with Gasteiger partial charge in [0.25, 0.3) is 0 Å². The molecule has 0 unspecified atom stereocenters. The monoisotopic (exact) mass is 303 g/mol. The molecule has 2 N–H and O–H groups in total. The van der Waals surface area contributed by atoms with Crippen LogP contribution < -0.4 is 5.32 Å².